The van der Waals surface area contributed by atoms with E-state index in [0.717, 1.165) is 12.2 Å². The zero-order chi connectivity index (χ0) is 13.5. The SMILES string of the molecule is OC1=CCC([C@@H]2Oc3ccccc3[C@H]3CCC[C@H]32)C=C1. The van der Waals surface area contributed by atoms with Crippen molar-refractivity contribution < 1.29 is 9.84 Å². The van der Waals surface area contributed by atoms with Crippen molar-refractivity contribution in [1.82, 2.24) is 0 Å². The first-order valence-corrected chi connectivity index (χ1v) is 7.66. The quantitative estimate of drug-likeness (QED) is 0.820. The van der Waals surface area contributed by atoms with Gasteiger partial charge in [-0.1, -0.05) is 30.7 Å². The molecule has 104 valence electrons. The van der Waals surface area contributed by atoms with Crippen LogP contribution in [0.25, 0.3) is 0 Å². The fourth-order valence-corrected chi connectivity index (χ4v) is 4.17. The van der Waals surface area contributed by atoms with E-state index in [-0.39, 0.29) is 6.10 Å². The van der Waals surface area contributed by atoms with Gasteiger partial charge in [-0.25, -0.2) is 0 Å². The van der Waals surface area contributed by atoms with E-state index in [1.165, 1.54) is 24.8 Å². The summed E-state index contributed by atoms with van der Waals surface area (Å²) in [7, 11) is 0. The van der Waals surface area contributed by atoms with Crippen LogP contribution < -0.4 is 4.74 Å². The molecular formula is C18H20O2. The Morgan fingerprint density at radius 3 is 2.90 bits per heavy atom. The topological polar surface area (TPSA) is 29.5 Å². The van der Waals surface area contributed by atoms with Crippen LogP contribution in [-0.4, -0.2) is 11.2 Å². The van der Waals surface area contributed by atoms with Crippen LogP contribution in [0.1, 0.15) is 37.2 Å². The van der Waals surface area contributed by atoms with Crippen LogP contribution in [0.3, 0.4) is 0 Å². The number of rotatable bonds is 1. The Labute approximate surface area is 119 Å². The minimum atomic E-state index is 0.262. The van der Waals surface area contributed by atoms with E-state index in [4.69, 9.17) is 4.74 Å². The van der Waals surface area contributed by atoms with Gasteiger partial charge in [-0.3, -0.25) is 0 Å². The Bertz CT molecular complexity index is 573. The molecule has 0 spiro atoms. The fraction of sp³-hybridized carbons (Fsp3) is 0.444. The first kappa shape index (κ1) is 12.1. The third-order valence-corrected chi connectivity index (χ3v) is 5.11. The number of para-hydroxylation sites is 1. The van der Waals surface area contributed by atoms with Crippen molar-refractivity contribution in [1.29, 1.82) is 0 Å². The van der Waals surface area contributed by atoms with Gasteiger partial charge in [0.2, 0.25) is 0 Å². The number of allylic oxidation sites excluding steroid dienone is 2. The molecule has 2 heteroatoms. The number of hydrogen-bond acceptors (Lipinski definition) is 2. The molecule has 2 nitrogen and oxygen atoms in total. The number of aliphatic hydroxyl groups excluding tert-OH is 1. The van der Waals surface area contributed by atoms with E-state index in [9.17, 15) is 5.11 Å². The highest BCUT2D eigenvalue weighted by Gasteiger charge is 2.43. The van der Waals surface area contributed by atoms with Gasteiger partial charge in [-0.2, -0.15) is 0 Å². The molecule has 0 bridgehead atoms. The summed E-state index contributed by atoms with van der Waals surface area (Å²) >= 11 is 0. The van der Waals surface area contributed by atoms with Crippen LogP contribution in [0.2, 0.25) is 0 Å². The second-order valence-corrected chi connectivity index (χ2v) is 6.21. The summed E-state index contributed by atoms with van der Waals surface area (Å²) in [5.41, 5.74) is 1.41. The molecule has 1 aromatic carbocycles. The summed E-state index contributed by atoms with van der Waals surface area (Å²) in [5.74, 6) is 3.16. The highest BCUT2D eigenvalue weighted by molar-refractivity contribution is 5.40. The Hall–Kier alpha value is -1.70. The van der Waals surface area contributed by atoms with Crippen molar-refractivity contribution in [3.8, 4) is 5.75 Å². The second kappa shape index (κ2) is 4.69. The maximum atomic E-state index is 9.50. The van der Waals surface area contributed by atoms with Crippen molar-refractivity contribution in [2.75, 3.05) is 0 Å². The lowest BCUT2D eigenvalue weighted by atomic mass is 9.76. The standard InChI is InChI=1S/C18H20O2/c19-13-10-8-12(9-11-13)18-16-6-3-5-14(16)15-4-1-2-7-17(15)20-18/h1-2,4,7-8,10-12,14,16,18-19H,3,5-6,9H2/t12?,14-,16-,18+/m1/s1. The molecule has 4 rings (SSSR count). The summed E-state index contributed by atoms with van der Waals surface area (Å²) in [6.45, 7) is 0. The second-order valence-electron chi connectivity index (χ2n) is 6.21. The molecule has 1 aliphatic heterocycles. The highest BCUT2D eigenvalue weighted by Crippen LogP contribution is 2.51. The zero-order valence-electron chi connectivity index (χ0n) is 11.5. The lowest BCUT2D eigenvalue weighted by Crippen LogP contribution is -2.39. The Balaban J connectivity index is 1.67. The van der Waals surface area contributed by atoms with Gasteiger partial charge in [0.1, 0.15) is 17.6 Å². The summed E-state index contributed by atoms with van der Waals surface area (Å²) in [6.07, 6.45) is 10.9. The molecule has 1 N–H and O–H groups in total. The van der Waals surface area contributed by atoms with Crippen LogP contribution in [0, 0.1) is 11.8 Å². The smallest absolute Gasteiger partial charge is 0.123 e. The Kier molecular flexibility index (Phi) is 2.83. The highest BCUT2D eigenvalue weighted by atomic mass is 16.5. The number of hydrogen-bond donors (Lipinski definition) is 1. The van der Waals surface area contributed by atoms with Crippen molar-refractivity contribution in [3.63, 3.8) is 0 Å². The van der Waals surface area contributed by atoms with Crippen molar-refractivity contribution in [2.24, 2.45) is 11.8 Å². The molecule has 3 aliphatic rings. The summed E-state index contributed by atoms with van der Waals surface area (Å²) in [6, 6.07) is 8.53. The minimum Gasteiger partial charge on any atom is -0.508 e. The maximum Gasteiger partial charge on any atom is 0.123 e. The van der Waals surface area contributed by atoms with Crippen LogP contribution >= 0.6 is 0 Å². The first-order valence-electron chi connectivity index (χ1n) is 7.66. The molecule has 0 radical (unpaired) electrons. The van der Waals surface area contributed by atoms with E-state index in [1.54, 1.807) is 0 Å². The molecule has 0 amide bonds. The molecule has 1 aromatic rings. The number of ether oxygens (including phenoxy) is 1. The van der Waals surface area contributed by atoms with Gasteiger partial charge in [0.25, 0.3) is 0 Å². The molecule has 0 saturated heterocycles. The molecule has 0 aromatic heterocycles. The normalized spacial score (nSPS) is 34.9. The number of benzene rings is 1. The molecule has 4 atom stereocenters. The fourth-order valence-electron chi connectivity index (χ4n) is 4.17. The molecule has 1 saturated carbocycles. The van der Waals surface area contributed by atoms with Crippen LogP contribution in [0.5, 0.6) is 5.75 Å². The average Bonchev–Trinajstić information content (AvgIpc) is 2.97. The Morgan fingerprint density at radius 2 is 2.05 bits per heavy atom. The van der Waals surface area contributed by atoms with E-state index in [2.05, 4.69) is 30.3 Å². The van der Waals surface area contributed by atoms with Gasteiger partial charge in [-0.15, -0.1) is 0 Å². The lowest BCUT2D eigenvalue weighted by Gasteiger charge is -2.39. The minimum absolute atomic E-state index is 0.262. The number of aliphatic hydroxyl groups is 1. The van der Waals surface area contributed by atoms with Crippen molar-refractivity contribution in [2.45, 2.75) is 37.7 Å². The lowest BCUT2D eigenvalue weighted by molar-refractivity contribution is 0.0678. The summed E-state index contributed by atoms with van der Waals surface area (Å²) in [4.78, 5) is 0. The third kappa shape index (κ3) is 1.86. The molecule has 1 fully saturated rings. The molecule has 1 unspecified atom stereocenters. The third-order valence-electron chi connectivity index (χ3n) is 5.11. The van der Waals surface area contributed by atoms with Crippen LogP contribution in [0.4, 0.5) is 0 Å². The van der Waals surface area contributed by atoms with Crippen LogP contribution in [0.15, 0.2) is 48.3 Å². The van der Waals surface area contributed by atoms with Gasteiger partial charge in [0.05, 0.1) is 0 Å². The molecule has 20 heavy (non-hydrogen) atoms. The predicted molar refractivity (Wildman–Crippen MR) is 78.9 cm³/mol. The first-order chi connectivity index (χ1) is 9.83. The van der Waals surface area contributed by atoms with E-state index < -0.39 is 0 Å². The van der Waals surface area contributed by atoms with Gasteiger partial charge >= 0.3 is 0 Å². The Morgan fingerprint density at radius 1 is 1.15 bits per heavy atom. The van der Waals surface area contributed by atoms with Crippen molar-refractivity contribution >= 4 is 0 Å². The van der Waals surface area contributed by atoms with E-state index >= 15 is 0 Å². The monoisotopic (exact) mass is 268 g/mol. The summed E-state index contributed by atoms with van der Waals surface area (Å²) < 4.78 is 6.36. The zero-order valence-corrected chi connectivity index (χ0v) is 11.5. The van der Waals surface area contributed by atoms with Gasteiger partial charge < -0.3 is 9.84 Å². The van der Waals surface area contributed by atoms with Gasteiger partial charge in [0, 0.05) is 11.8 Å². The summed E-state index contributed by atoms with van der Waals surface area (Å²) in [5, 5.41) is 9.50. The molecule has 1 heterocycles. The maximum absolute atomic E-state index is 9.50. The van der Waals surface area contributed by atoms with Gasteiger partial charge in [0.15, 0.2) is 0 Å². The van der Waals surface area contributed by atoms with E-state index in [1.807, 2.05) is 12.2 Å². The average molecular weight is 268 g/mol. The predicted octanol–water partition coefficient (Wildman–Crippen LogP) is 4.35. The van der Waals surface area contributed by atoms with E-state index in [0.29, 0.717) is 23.5 Å². The molecule has 2 aliphatic carbocycles. The van der Waals surface area contributed by atoms with Crippen molar-refractivity contribution in [3.05, 3.63) is 53.8 Å². The number of fused-ring (bicyclic) bond motifs is 3. The molecular weight excluding hydrogens is 248 g/mol. The van der Waals surface area contributed by atoms with Gasteiger partial charge in [-0.05, 0) is 49.0 Å². The largest absolute Gasteiger partial charge is 0.508 e. The van der Waals surface area contributed by atoms with Crippen LogP contribution in [-0.2, 0) is 0 Å².